The van der Waals surface area contributed by atoms with Crippen LogP contribution in [0.5, 0.6) is 0 Å². The first-order chi connectivity index (χ1) is 9.11. The third-order valence-corrected chi connectivity index (χ3v) is 2.77. The Morgan fingerprint density at radius 3 is 2.58 bits per heavy atom. The summed E-state index contributed by atoms with van der Waals surface area (Å²) in [5, 5.41) is 0. The van der Waals surface area contributed by atoms with E-state index in [2.05, 4.69) is 15.4 Å². The number of hydrogen-bond acceptors (Lipinski definition) is 4. The van der Waals surface area contributed by atoms with E-state index in [4.69, 9.17) is 5.84 Å². The number of nitrogens with zero attached hydrogens (tertiary/aromatic N) is 2. The van der Waals surface area contributed by atoms with Crippen LogP contribution >= 0.6 is 0 Å². The highest BCUT2D eigenvalue weighted by Gasteiger charge is 2.17. The second kappa shape index (κ2) is 5.81. The van der Waals surface area contributed by atoms with E-state index in [0.717, 1.165) is 11.6 Å². The van der Waals surface area contributed by atoms with Crippen LogP contribution in [0.1, 0.15) is 23.0 Å². The van der Waals surface area contributed by atoms with Crippen LogP contribution in [0.2, 0.25) is 0 Å². The molecule has 2 aromatic rings. The number of halogens is 2. The Morgan fingerprint density at radius 2 is 1.95 bits per heavy atom. The third kappa shape index (κ3) is 3.10. The zero-order valence-electron chi connectivity index (χ0n) is 10.4. The molecule has 2 rings (SSSR count). The fourth-order valence-electron chi connectivity index (χ4n) is 1.73. The van der Waals surface area contributed by atoms with Gasteiger partial charge in [0, 0.05) is 12.4 Å². The van der Waals surface area contributed by atoms with Gasteiger partial charge in [0.05, 0.1) is 6.04 Å². The number of aryl methyl sites for hydroxylation is 1. The Morgan fingerprint density at radius 1 is 1.26 bits per heavy atom. The van der Waals surface area contributed by atoms with Crippen LogP contribution in [0.3, 0.4) is 0 Å². The summed E-state index contributed by atoms with van der Waals surface area (Å²) in [6, 6.07) is 3.57. The molecule has 1 unspecified atom stereocenters. The summed E-state index contributed by atoms with van der Waals surface area (Å²) in [6.45, 7) is 1.86. The first-order valence-electron chi connectivity index (χ1n) is 5.79. The van der Waals surface area contributed by atoms with Crippen LogP contribution in [0.25, 0.3) is 0 Å². The molecule has 0 aliphatic heterocycles. The van der Waals surface area contributed by atoms with E-state index in [1.165, 1.54) is 12.1 Å². The molecule has 19 heavy (non-hydrogen) atoms. The van der Waals surface area contributed by atoms with Crippen molar-refractivity contribution in [3.63, 3.8) is 0 Å². The van der Waals surface area contributed by atoms with Gasteiger partial charge in [0.25, 0.3) is 0 Å². The second-order valence-corrected chi connectivity index (χ2v) is 4.25. The maximum atomic E-state index is 13.6. The Labute approximate surface area is 109 Å². The van der Waals surface area contributed by atoms with Gasteiger partial charge in [0.1, 0.15) is 5.82 Å². The van der Waals surface area contributed by atoms with Gasteiger partial charge in [-0.2, -0.15) is 0 Å². The van der Waals surface area contributed by atoms with Crippen molar-refractivity contribution in [3.8, 4) is 0 Å². The van der Waals surface area contributed by atoms with Gasteiger partial charge in [0.15, 0.2) is 11.6 Å². The predicted molar refractivity (Wildman–Crippen MR) is 66.9 cm³/mol. The zero-order chi connectivity index (χ0) is 13.8. The predicted octanol–water partition coefficient (Wildman–Crippen LogP) is 1.81. The monoisotopic (exact) mass is 264 g/mol. The van der Waals surface area contributed by atoms with Gasteiger partial charge in [-0.25, -0.2) is 24.2 Å². The van der Waals surface area contributed by atoms with Crippen LogP contribution in [0.15, 0.2) is 30.6 Å². The topological polar surface area (TPSA) is 63.8 Å². The highest BCUT2D eigenvalue weighted by Crippen LogP contribution is 2.18. The SMILES string of the molecule is Cc1cnc(C(Cc2cccc(F)c2F)NN)nc1. The number of nitrogens with two attached hydrogens (primary N) is 1. The molecular weight excluding hydrogens is 250 g/mol. The van der Waals surface area contributed by atoms with Gasteiger partial charge < -0.3 is 0 Å². The normalized spacial score (nSPS) is 12.4. The molecule has 0 bridgehead atoms. The van der Waals surface area contributed by atoms with Gasteiger partial charge in [-0.1, -0.05) is 12.1 Å². The molecule has 4 nitrogen and oxygen atoms in total. The van der Waals surface area contributed by atoms with Gasteiger partial charge >= 0.3 is 0 Å². The average molecular weight is 264 g/mol. The Balaban J connectivity index is 2.24. The molecule has 1 aromatic heterocycles. The van der Waals surface area contributed by atoms with Gasteiger partial charge in [-0.3, -0.25) is 5.84 Å². The second-order valence-electron chi connectivity index (χ2n) is 4.25. The number of nitrogens with one attached hydrogen (secondary N) is 1. The molecular formula is C13H14F2N4. The van der Waals surface area contributed by atoms with Crippen molar-refractivity contribution >= 4 is 0 Å². The molecule has 0 radical (unpaired) electrons. The zero-order valence-corrected chi connectivity index (χ0v) is 10.4. The Hall–Kier alpha value is -1.92. The van der Waals surface area contributed by atoms with Crippen LogP contribution in [0.4, 0.5) is 8.78 Å². The van der Waals surface area contributed by atoms with E-state index in [1.54, 1.807) is 12.4 Å². The van der Waals surface area contributed by atoms with Crippen molar-refractivity contribution in [2.75, 3.05) is 0 Å². The number of hydrogen-bond donors (Lipinski definition) is 2. The minimum absolute atomic E-state index is 0.170. The van der Waals surface area contributed by atoms with E-state index >= 15 is 0 Å². The lowest BCUT2D eigenvalue weighted by atomic mass is 10.0. The maximum Gasteiger partial charge on any atom is 0.162 e. The molecule has 1 atom stereocenters. The smallest absolute Gasteiger partial charge is 0.162 e. The minimum Gasteiger partial charge on any atom is -0.271 e. The Kier molecular flexibility index (Phi) is 4.13. The van der Waals surface area contributed by atoms with Crippen molar-refractivity contribution in [2.45, 2.75) is 19.4 Å². The van der Waals surface area contributed by atoms with Gasteiger partial charge in [-0.05, 0) is 30.5 Å². The molecule has 0 fully saturated rings. The molecule has 0 saturated heterocycles. The van der Waals surface area contributed by atoms with Crippen LogP contribution in [-0.2, 0) is 6.42 Å². The largest absolute Gasteiger partial charge is 0.271 e. The first-order valence-corrected chi connectivity index (χ1v) is 5.79. The fraction of sp³-hybridized carbons (Fsp3) is 0.231. The standard InChI is InChI=1S/C13H14F2N4/c1-8-6-17-13(18-7-8)11(19-16)5-9-3-2-4-10(14)12(9)15/h2-4,6-7,11,19H,5,16H2,1H3. The molecule has 0 aliphatic rings. The third-order valence-electron chi connectivity index (χ3n) is 2.77. The van der Waals surface area contributed by atoms with E-state index in [1.807, 2.05) is 6.92 Å². The van der Waals surface area contributed by atoms with Gasteiger partial charge in [0.2, 0.25) is 0 Å². The van der Waals surface area contributed by atoms with Crippen molar-refractivity contribution in [1.82, 2.24) is 15.4 Å². The molecule has 0 amide bonds. The molecule has 3 N–H and O–H groups in total. The van der Waals surface area contributed by atoms with Crippen LogP contribution in [0, 0.1) is 18.6 Å². The van der Waals surface area contributed by atoms with Crippen molar-refractivity contribution in [3.05, 3.63) is 59.2 Å². The molecule has 100 valence electrons. The summed E-state index contributed by atoms with van der Waals surface area (Å²) in [7, 11) is 0. The van der Waals surface area contributed by atoms with Crippen molar-refractivity contribution in [1.29, 1.82) is 0 Å². The van der Waals surface area contributed by atoms with E-state index in [-0.39, 0.29) is 12.0 Å². The van der Waals surface area contributed by atoms with E-state index < -0.39 is 17.7 Å². The van der Waals surface area contributed by atoms with Crippen LogP contribution in [-0.4, -0.2) is 9.97 Å². The van der Waals surface area contributed by atoms with E-state index in [9.17, 15) is 8.78 Å². The first kappa shape index (κ1) is 13.5. The van der Waals surface area contributed by atoms with Crippen molar-refractivity contribution < 1.29 is 8.78 Å². The lowest BCUT2D eigenvalue weighted by Crippen LogP contribution is -2.31. The molecule has 1 heterocycles. The molecule has 1 aromatic carbocycles. The summed E-state index contributed by atoms with van der Waals surface area (Å²) in [6.07, 6.45) is 3.46. The van der Waals surface area contributed by atoms with Crippen LogP contribution < -0.4 is 11.3 Å². The molecule has 6 heteroatoms. The molecule has 0 spiro atoms. The summed E-state index contributed by atoms with van der Waals surface area (Å²) in [5.74, 6) is 4.13. The molecule has 0 aliphatic carbocycles. The highest BCUT2D eigenvalue weighted by atomic mass is 19.2. The summed E-state index contributed by atoms with van der Waals surface area (Å²) in [4.78, 5) is 8.26. The minimum atomic E-state index is -0.877. The summed E-state index contributed by atoms with van der Waals surface area (Å²) in [5.41, 5.74) is 3.66. The lowest BCUT2D eigenvalue weighted by Gasteiger charge is -2.15. The maximum absolute atomic E-state index is 13.6. The number of benzene rings is 1. The van der Waals surface area contributed by atoms with E-state index in [0.29, 0.717) is 5.82 Å². The number of aromatic nitrogens is 2. The lowest BCUT2D eigenvalue weighted by molar-refractivity contribution is 0.473. The quantitative estimate of drug-likeness (QED) is 0.653. The van der Waals surface area contributed by atoms with Crippen molar-refractivity contribution in [2.24, 2.45) is 5.84 Å². The van der Waals surface area contributed by atoms with Gasteiger partial charge in [-0.15, -0.1) is 0 Å². The molecule has 0 saturated carbocycles. The highest BCUT2D eigenvalue weighted by molar-refractivity contribution is 5.21. The summed E-state index contributed by atoms with van der Waals surface area (Å²) < 4.78 is 26.7. The number of rotatable bonds is 4. The summed E-state index contributed by atoms with van der Waals surface area (Å²) >= 11 is 0. The average Bonchev–Trinajstić information content (AvgIpc) is 2.42. The fourth-order valence-corrected chi connectivity index (χ4v) is 1.73. The number of hydrazine groups is 1. The Bertz CT molecular complexity index is 557.